The van der Waals surface area contributed by atoms with Crippen LogP contribution in [0.5, 0.6) is 0 Å². The Kier molecular flexibility index (Phi) is 0.949. The molecule has 49 fully saturated rings. The molecule has 65 heavy (non-hydrogen) atoms. The summed E-state index contributed by atoms with van der Waals surface area (Å²) in [7, 11) is 0. The lowest BCUT2D eigenvalue weighted by Crippen LogP contribution is -3.73. The summed E-state index contributed by atoms with van der Waals surface area (Å²) >= 11 is 0. The molecule has 60 atom stereocenters. The minimum absolute atomic E-state index is 1.06. The summed E-state index contributed by atoms with van der Waals surface area (Å²) in [6, 6.07) is 0. The van der Waals surface area contributed by atoms with Crippen molar-refractivity contribution in [3.8, 4) is 0 Å². The lowest BCUT2D eigenvalue weighted by Gasteiger charge is -3.74. The standard InChI is InChI=1S/C65H34/c1-6-14-12-4-30-5-13-20-24-28-25-21-18-10-2-7-15-16-8-3-11-19-23-27-29-26-22-17-9(1)31(6)36(14)34(12,30)52-35(13,30)42(20)46(24)50(28)47(25)44(21)40(18)32(7,10)37(15)38(16)33(8,11)41(19)45(23)49(27)51(29)48(26)43(22)39(17,31)53(36,52)57(43)56(42,52)60(46)61(48,57)65(51)63(49)59(45)55(38,41)54(37,40)58(44,59)62(47,63)64(50,60)65/h6-29H,1-5H2. The highest BCUT2D eigenvalue weighted by Gasteiger charge is 3.77. The molecule has 0 aliphatic heterocycles. The third kappa shape index (κ3) is 0.407. The zero-order valence-corrected chi connectivity index (χ0v) is 35.4. The van der Waals surface area contributed by atoms with Crippen molar-refractivity contribution in [2.45, 2.75) is 32.1 Å². The molecule has 49 aliphatic rings. The van der Waals surface area contributed by atoms with Crippen molar-refractivity contribution in [2.24, 2.45) is 337 Å². The Balaban J connectivity index is 0.745. The predicted molar refractivity (Wildman–Crippen MR) is 194 cm³/mol. The first kappa shape index (κ1) is 20.9. The first-order valence-corrected chi connectivity index (χ1v) is 32.3. The summed E-state index contributed by atoms with van der Waals surface area (Å²) in [5, 5.41) is 0. The molecule has 0 aromatic heterocycles. The molecule has 49 saturated carbocycles. The number of fused-ring (bicyclic) bond motifs is 20. The summed E-state index contributed by atoms with van der Waals surface area (Å²) in [4.78, 5) is 0. The Morgan fingerprint density at radius 2 is 0.385 bits per heavy atom. The van der Waals surface area contributed by atoms with Gasteiger partial charge in [0.25, 0.3) is 0 Å². The largest absolute Gasteiger partial charge is 0.0458 e. The summed E-state index contributed by atoms with van der Waals surface area (Å²) < 4.78 is 0. The van der Waals surface area contributed by atoms with Crippen LogP contribution in [0.4, 0.5) is 0 Å². The van der Waals surface area contributed by atoms with Crippen LogP contribution in [0.1, 0.15) is 32.1 Å². The SMILES string of the molecule is C1C2C3C4C5CC6C7C8C9C%10C%11C%12C%13C%14CC%15C%16C%17CC%18%19CC%20C%21C%22C%23C%24C%25C%26C1C21C32C43C56C74C85C96C%107C%118C%129C%13%10C%15%14C%16%11C%17%18C%12%13C%20%19C%21%14C%22%15C%23%16C%24%17C%25%18C%261C21C34C52C%181C%171C62C72C83C9(C%11%10%12)C%14%13C%153C%1612. The first-order chi connectivity index (χ1) is 32.3. The van der Waals surface area contributed by atoms with Gasteiger partial charge in [0.05, 0.1) is 0 Å². The van der Waals surface area contributed by atoms with Crippen molar-refractivity contribution >= 4 is 0 Å². The number of hydrogen-bond donors (Lipinski definition) is 0. The molecule has 0 amide bonds. The van der Waals surface area contributed by atoms with Crippen LogP contribution < -0.4 is 0 Å². The van der Waals surface area contributed by atoms with E-state index in [0.717, 1.165) is 195 Å². The van der Waals surface area contributed by atoms with Crippen LogP contribution in [0.15, 0.2) is 0 Å². The van der Waals surface area contributed by atoms with Gasteiger partial charge in [0.1, 0.15) is 0 Å². The first-order valence-electron chi connectivity index (χ1n) is 32.3. The molecule has 0 N–H and O–H groups in total. The van der Waals surface area contributed by atoms with E-state index in [4.69, 9.17) is 0 Å². The van der Waals surface area contributed by atoms with Crippen LogP contribution in [0.2, 0.25) is 0 Å². The highest BCUT2D eigenvalue weighted by molar-refractivity contribution is 6.21. The van der Waals surface area contributed by atoms with Gasteiger partial charge in [-0.15, -0.1) is 0 Å². The van der Waals surface area contributed by atoms with Gasteiger partial charge in [0.15, 0.2) is 0 Å². The zero-order valence-electron chi connectivity index (χ0n) is 35.4. The van der Waals surface area contributed by atoms with Gasteiger partial charge in [-0.25, -0.2) is 0 Å². The third-order valence-electron chi connectivity index (χ3n) is 58.9. The summed E-state index contributed by atoms with van der Waals surface area (Å²) in [6.07, 6.45) is 9.49. The molecule has 49 aliphatic carbocycles. The summed E-state index contributed by atoms with van der Waals surface area (Å²) in [5.41, 5.74) is 41.0. The van der Waals surface area contributed by atoms with Gasteiger partial charge >= 0.3 is 0 Å². The normalized spacial score (nSPS) is 148. The summed E-state index contributed by atoms with van der Waals surface area (Å²) in [6.45, 7) is 0. The quantitative estimate of drug-likeness (QED) is 0.327. The zero-order chi connectivity index (χ0) is 35.4. The molecule has 36 spiro atoms. The molecule has 0 aromatic rings. The second kappa shape index (κ2) is 2.96. The predicted octanol–water partition coefficient (Wildman–Crippen LogP) is 4.90. The Morgan fingerprint density at radius 3 is 0.785 bits per heavy atom. The second-order valence-electron chi connectivity index (χ2n) is 43.1. The molecular formula is C65H34. The van der Waals surface area contributed by atoms with Crippen molar-refractivity contribution in [1.82, 2.24) is 0 Å². The van der Waals surface area contributed by atoms with Crippen LogP contribution in [-0.4, -0.2) is 0 Å². The number of rotatable bonds is 0. The molecule has 0 aromatic carbocycles. The van der Waals surface area contributed by atoms with Crippen molar-refractivity contribution < 1.29 is 0 Å². The molecule has 0 heterocycles. The monoisotopic (exact) mass is 814 g/mol. The van der Waals surface area contributed by atoms with Crippen LogP contribution in [0.3, 0.4) is 0 Å². The fourth-order valence-corrected chi connectivity index (χ4v) is 76.6. The maximum Gasteiger partial charge on any atom is -0.000370 e. The van der Waals surface area contributed by atoms with Gasteiger partial charge in [-0.1, -0.05) is 0 Å². The van der Waals surface area contributed by atoms with Gasteiger partial charge in [-0.3, -0.25) is 0 Å². The highest BCUT2D eigenvalue weighted by Crippen LogP contribution is 3.78. The fourth-order valence-electron chi connectivity index (χ4n) is 76.6. The van der Waals surface area contributed by atoms with Crippen molar-refractivity contribution in [3.05, 3.63) is 0 Å². The minimum atomic E-state index is 1.06. The maximum absolute atomic E-state index is 1.94. The lowest BCUT2D eigenvalue weighted by atomic mass is 8.28. The van der Waals surface area contributed by atoms with Gasteiger partial charge in [-0.2, -0.15) is 0 Å². The van der Waals surface area contributed by atoms with Crippen molar-refractivity contribution in [1.29, 1.82) is 0 Å². The third-order valence-corrected chi connectivity index (χ3v) is 58.9. The fraction of sp³-hybridized carbons (Fsp3) is 1.00. The number of hydrogen-bond acceptors (Lipinski definition) is 0. The average molecular weight is 815 g/mol. The van der Waals surface area contributed by atoms with E-state index in [1.54, 1.807) is 0 Å². The molecule has 294 valence electrons. The van der Waals surface area contributed by atoms with Crippen molar-refractivity contribution in [2.75, 3.05) is 0 Å². The Hall–Kier alpha value is 0. The smallest absolute Gasteiger partial charge is 0.000370 e. The highest BCUT2D eigenvalue weighted by atomic mass is 15.8. The second-order valence-corrected chi connectivity index (χ2v) is 43.1. The van der Waals surface area contributed by atoms with E-state index in [1.165, 1.54) is 142 Å². The van der Waals surface area contributed by atoms with Crippen LogP contribution in [0, 0.1) is 337 Å². The van der Waals surface area contributed by atoms with E-state index in [1.807, 2.05) is 32.1 Å². The molecular weight excluding hydrogens is 781 g/mol. The van der Waals surface area contributed by atoms with Crippen LogP contribution in [-0.2, 0) is 0 Å². The molecule has 49 rings (SSSR count). The topological polar surface area (TPSA) is 0 Å². The van der Waals surface area contributed by atoms with Gasteiger partial charge in [-0.05, 0) is 369 Å². The van der Waals surface area contributed by atoms with Crippen LogP contribution >= 0.6 is 0 Å². The van der Waals surface area contributed by atoms with E-state index in [9.17, 15) is 0 Å². The molecule has 0 nitrogen and oxygen atoms in total. The van der Waals surface area contributed by atoms with Gasteiger partial charge in [0, 0.05) is 0 Å². The Bertz CT molecular complexity index is 4800. The summed E-state index contributed by atoms with van der Waals surface area (Å²) in [5.74, 6) is 34.0. The van der Waals surface area contributed by atoms with Gasteiger partial charge < -0.3 is 0 Å². The molecule has 0 radical (unpaired) electrons. The minimum Gasteiger partial charge on any atom is -0.0458 e. The van der Waals surface area contributed by atoms with E-state index in [2.05, 4.69) is 0 Å². The Morgan fingerprint density at radius 1 is 0.169 bits per heavy atom. The van der Waals surface area contributed by atoms with E-state index in [0.29, 0.717) is 0 Å². The molecule has 60 unspecified atom stereocenters. The van der Waals surface area contributed by atoms with E-state index < -0.39 is 0 Å². The molecule has 0 bridgehead atoms. The van der Waals surface area contributed by atoms with E-state index in [-0.39, 0.29) is 0 Å². The van der Waals surface area contributed by atoms with Crippen LogP contribution in [0.25, 0.3) is 0 Å². The molecule has 0 saturated heterocycles. The average Bonchev–Trinajstić information content (AvgIpc) is 3.17. The van der Waals surface area contributed by atoms with Crippen molar-refractivity contribution in [3.63, 3.8) is 0 Å². The lowest BCUT2D eigenvalue weighted by molar-refractivity contribution is -1.30. The maximum atomic E-state index is 1.94. The Labute approximate surface area is 367 Å². The molecule has 0 heteroatoms. The van der Waals surface area contributed by atoms with Gasteiger partial charge in [0.2, 0.25) is 0 Å². The van der Waals surface area contributed by atoms with E-state index >= 15 is 0 Å².